The Kier molecular flexibility index (Phi) is 5.55. The zero-order valence-electron chi connectivity index (χ0n) is 14.4. The van der Waals surface area contributed by atoms with E-state index >= 15 is 0 Å². The lowest BCUT2D eigenvalue weighted by atomic mass is 9.92. The van der Waals surface area contributed by atoms with Crippen LogP contribution in [0.2, 0.25) is 0 Å². The van der Waals surface area contributed by atoms with Crippen LogP contribution in [0.3, 0.4) is 0 Å². The molecule has 0 saturated carbocycles. The first-order valence-corrected chi connectivity index (χ1v) is 7.97. The van der Waals surface area contributed by atoms with Crippen molar-refractivity contribution in [1.29, 1.82) is 0 Å². The van der Waals surface area contributed by atoms with E-state index in [0.29, 0.717) is 19.5 Å². The molecule has 0 radical (unpaired) electrons. The summed E-state index contributed by atoms with van der Waals surface area (Å²) in [5.74, 6) is 0.744. The SMILES string of the molecule is CNCCC(=O)Nc1cc(C(C)(C)C)nn1Cc1ccccc1. The van der Waals surface area contributed by atoms with Gasteiger partial charge in [-0.3, -0.25) is 4.79 Å². The third kappa shape index (κ3) is 4.93. The van der Waals surface area contributed by atoms with Crippen LogP contribution in [-0.4, -0.2) is 29.3 Å². The summed E-state index contributed by atoms with van der Waals surface area (Å²) in [6, 6.07) is 12.1. The number of benzene rings is 1. The van der Waals surface area contributed by atoms with Crippen molar-refractivity contribution in [2.45, 2.75) is 39.2 Å². The topological polar surface area (TPSA) is 59.0 Å². The summed E-state index contributed by atoms with van der Waals surface area (Å²) < 4.78 is 1.87. The Morgan fingerprint density at radius 3 is 2.52 bits per heavy atom. The van der Waals surface area contributed by atoms with Gasteiger partial charge in [-0.15, -0.1) is 0 Å². The molecule has 1 heterocycles. The van der Waals surface area contributed by atoms with Crippen LogP contribution in [0.15, 0.2) is 36.4 Å². The first-order valence-electron chi connectivity index (χ1n) is 7.97. The molecule has 5 heteroatoms. The van der Waals surface area contributed by atoms with Crippen molar-refractivity contribution < 1.29 is 4.79 Å². The number of amides is 1. The number of nitrogens with zero attached hydrogens (tertiary/aromatic N) is 2. The Labute approximate surface area is 138 Å². The number of carbonyl (C=O) groups excluding carboxylic acids is 1. The molecule has 0 saturated heterocycles. The Morgan fingerprint density at radius 1 is 1.22 bits per heavy atom. The minimum Gasteiger partial charge on any atom is -0.319 e. The third-order valence-corrected chi connectivity index (χ3v) is 3.59. The minimum atomic E-state index is -0.0631. The molecule has 0 aliphatic carbocycles. The van der Waals surface area contributed by atoms with Gasteiger partial charge in [-0.05, 0) is 12.6 Å². The maximum atomic E-state index is 12.0. The number of hydrogen-bond acceptors (Lipinski definition) is 3. The molecule has 0 atom stereocenters. The van der Waals surface area contributed by atoms with E-state index in [1.54, 1.807) is 0 Å². The second-order valence-electron chi connectivity index (χ2n) is 6.71. The molecule has 0 aliphatic rings. The Morgan fingerprint density at radius 2 is 1.91 bits per heavy atom. The summed E-state index contributed by atoms with van der Waals surface area (Å²) in [6.07, 6.45) is 0.442. The molecule has 2 rings (SSSR count). The van der Waals surface area contributed by atoms with Crippen LogP contribution in [0.25, 0.3) is 0 Å². The van der Waals surface area contributed by atoms with Crippen LogP contribution in [0.4, 0.5) is 5.82 Å². The van der Waals surface area contributed by atoms with E-state index in [4.69, 9.17) is 5.10 Å². The van der Waals surface area contributed by atoms with E-state index in [2.05, 4.69) is 43.5 Å². The van der Waals surface area contributed by atoms with Crippen LogP contribution < -0.4 is 10.6 Å². The molecule has 0 bridgehead atoms. The monoisotopic (exact) mass is 314 g/mol. The average Bonchev–Trinajstić information content (AvgIpc) is 2.89. The van der Waals surface area contributed by atoms with E-state index in [9.17, 15) is 4.79 Å². The van der Waals surface area contributed by atoms with Crippen LogP contribution in [0, 0.1) is 0 Å². The van der Waals surface area contributed by atoms with Gasteiger partial charge in [0.15, 0.2) is 0 Å². The summed E-state index contributed by atoms with van der Waals surface area (Å²) in [4.78, 5) is 12.0. The van der Waals surface area contributed by atoms with Crippen molar-refractivity contribution in [1.82, 2.24) is 15.1 Å². The van der Waals surface area contributed by atoms with Crippen LogP contribution in [-0.2, 0) is 16.8 Å². The first-order chi connectivity index (χ1) is 10.9. The van der Waals surface area contributed by atoms with E-state index in [-0.39, 0.29) is 11.3 Å². The van der Waals surface area contributed by atoms with Crippen LogP contribution in [0.1, 0.15) is 38.4 Å². The highest BCUT2D eigenvalue weighted by molar-refractivity contribution is 5.90. The lowest BCUT2D eigenvalue weighted by Gasteiger charge is -2.14. The second-order valence-corrected chi connectivity index (χ2v) is 6.71. The summed E-state index contributed by atoms with van der Waals surface area (Å²) in [5, 5.41) is 10.7. The fourth-order valence-electron chi connectivity index (χ4n) is 2.20. The van der Waals surface area contributed by atoms with Crippen molar-refractivity contribution >= 4 is 11.7 Å². The van der Waals surface area contributed by atoms with E-state index in [1.165, 1.54) is 0 Å². The molecule has 2 N–H and O–H groups in total. The fraction of sp³-hybridized carbons (Fsp3) is 0.444. The van der Waals surface area contributed by atoms with Gasteiger partial charge in [-0.2, -0.15) is 5.10 Å². The normalized spacial score (nSPS) is 11.5. The largest absolute Gasteiger partial charge is 0.319 e. The molecule has 2 aromatic rings. The summed E-state index contributed by atoms with van der Waals surface area (Å²) in [7, 11) is 1.84. The highest BCUT2D eigenvalue weighted by Gasteiger charge is 2.20. The highest BCUT2D eigenvalue weighted by Crippen LogP contribution is 2.24. The molecule has 1 aromatic heterocycles. The second kappa shape index (κ2) is 7.42. The minimum absolute atomic E-state index is 0.00554. The predicted molar refractivity (Wildman–Crippen MR) is 93.6 cm³/mol. The van der Waals surface area contributed by atoms with Crippen molar-refractivity contribution in [3.05, 3.63) is 47.7 Å². The Balaban J connectivity index is 2.24. The maximum absolute atomic E-state index is 12.0. The van der Waals surface area contributed by atoms with Gasteiger partial charge in [-0.25, -0.2) is 4.68 Å². The molecule has 23 heavy (non-hydrogen) atoms. The zero-order valence-corrected chi connectivity index (χ0v) is 14.4. The van der Waals surface area contributed by atoms with Gasteiger partial charge < -0.3 is 10.6 Å². The van der Waals surface area contributed by atoms with Crippen molar-refractivity contribution in [2.75, 3.05) is 18.9 Å². The molecule has 1 aromatic carbocycles. The molecule has 0 aliphatic heterocycles. The quantitative estimate of drug-likeness (QED) is 0.862. The number of hydrogen-bond donors (Lipinski definition) is 2. The lowest BCUT2D eigenvalue weighted by Crippen LogP contribution is -2.20. The average molecular weight is 314 g/mol. The summed E-state index contributed by atoms with van der Waals surface area (Å²) >= 11 is 0. The van der Waals surface area contributed by atoms with Crippen molar-refractivity contribution in [3.63, 3.8) is 0 Å². The molecule has 0 fully saturated rings. The van der Waals surface area contributed by atoms with Crippen LogP contribution in [0.5, 0.6) is 0 Å². The lowest BCUT2D eigenvalue weighted by molar-refractivity contribution is -0.116. The van der Waals surface area contributed by atoms with Gasteiger partial charge in [0, 0.05) is 24.4 Å². The number of nitrogens with one attached hydrogen (secondary N) is 2. The number of rotatable bonds is 6. The smallest absolute Gasteiger partial charge is 0.226 e. The van der Waals surface area contributed by atoms with Gasteiger partial charge in [0.1, 0.15) is 5.82 Å². The van der Waals surface area contributed by atoms with Gasteiger partial charge in [0.2, 0.25) is 5.91 Å². The Bertz CT molecular complexity index is 641. The molecular formula is C18H26N4O. The summed E-state index contributed by atoms with van der Waals surface area (Å²) in [5.41, 5.74) is 2.06. The first kappa shape index (κ1) is 17.2. The van der Waals surface area contributed by atoms with Crippen molar-refractivity contribution in [2.24, 2.45) is 0 Å². The molecule has 0 unspecified atom stereocenters. The molecular weight excluding hydrogens is 288 g/mol. The predicted octanol–water partition coefficient (Wildman–Crippen LogP) is 2.78. The van der Waals surface area contributed by atoms with Gasteiger partial charge in [0.05, 0.1) is 12.2 Å². The van der Waals surface area contributed by atoms with Crippen LogP contribution >= 0.6 is 0 Å². The molecule has 1 amide bonds. The van der Waals surface area contributed by atoms with Gasteiger partial charge >= 0.3 is 0 Å². The van der Waals surface area contributed by atoms with Crippen molar-refractivity contribution in [3.8, 4) is 0 Å². The standard InChI is InChI=1S/C18H26N4O/c1-18(2,3)15-12-16(20-17(23)10-11-19-4)22(21-15)13-14-8-6-5-7-9-14/h5-9,12,19H,10-11,13H2,1-4H3,(H,20,23). The van der Waals surface area contributed by atoms with E-state index < -0.39 is 0 Å². The number of carbonyl (C=O) groups is 1. The summed E-state index contributed by atoms with van der Waals surface area (Å²) in [6.45, 7) is 7.65. The molecule has 0 spiro atoms. The zero-order chi connectivity index (χ0) is 16.9. The van der Waals surface area contributed by atoms with E-state index in [0.717, 1.165) is 17.1 Å². The fourth-order valence-corrected chi connectivity index (χ4v) is 2.20. The van der Waals surface area contributed by atoms with Gasteiger partial charge in [-0.1, -0.05) is 51.1 Å². The maximum Gasteiger partial charge on any atom is 0.226 e. The van der Waals surface area contributed by atoms with Gasteiger partial charge in [0.25, 0.3) is 0 Å². The Hall–Kier alpha value is -2.14. The number of aromatic nitrogens is 2. The molecule has 5 nitrogen and oxygen atoms in total. The number of anilines is 1. The third-order valence-electron chi connectivity index (χ3n) is 3.59. The van der Waals surface area contributed by atoms with E-state index in [1.807, 2.05) is 36.0 Å². The highest BCUT2D eigenvalue weighted by atomic mass is 16.1. The molecule has 124 valence electrons.